The van der Waals surface area contributed by atoms with Gasteiger partial charge >= 0.3 is 0 Å². The van der Waals surface area contributed by atoms with Gasteiger partial charge in [0.25, 0.3) is 0 Å². The Morgan fingerprint density at radius 1 is 1.21 bits per heavy atom. The molecule has 6 nitrogen and oxygen atoms in total. The third kappa shape index (κ3) is 8.02. The van der Waals surface area contributed by atoms with E-state index in [4.69, 9.17) is 9.47 Å². The summed E-state index contributed by atoms with van der Waals surface area (Å²) in [5.41, 5.74) is 0.0641. The molecule has 1 aromatic heterocycles. The van der Waals surface area contributed by atoms with Crippen molar-refractivity contribution < 1.29 is 14.6 Å². The largest absolute Gasteiger partial charge is 0.493 e. The Hall–Kier alpha value is -1.52. The Kier molecular flexibility index (Phi) is 11.4. The molecule has 1 unspecified atom stereocenters. The van der Waals surface area contributed by atoms with E-state index in [1.54, 1.807) is 25.4 Å². The van der Waals surface area contributed by atoms with E-state index in [2.05, 4.69) is 22.5 Å². The zero-order valence-corrected chi connectivity index (χ0v) is 20.7. The molecular weight excluding hydrogens is 501 g/mol. The summed E-state index contributed by atoms with van der Waals surface area (Å²) in [5, 5.41) is 19.1. The van der Waals surface area contributed by atoms with E-state index >= 15 is 0 Å². The summed E-state index contributed by atoms with van der Waals surface area (Å²) in [6.45, 7) is 8.13. The van der Waals surface area contributed by atoms with Gasteiger partial charge in [-0.2, -0.15) is 0 Å². The molecule has 0 aliphatic heterocycles. The fourth-order valence-corrected chi connectivity index (χ4v) is 3.37. The second kappa shape index (κ2) is 12.9. The Morgan fingerprint density at radius 2 is 2.00 bits per heavy atom. The van der Waals surface area contributed by atoms with Gasteiger partial charge in [-0.05, 0) is 49.4 Å². The number of aliphatic hydroxyl groups is 1. The number of ether oxygens (including phenoxy) is 2. The Bertz CT molecular complexity index is 752. The number of nitrogens with one attached hydrogen (secondary N) is 2. The van der Waals surface area contributed by atoms with Gasteiger partial charge < -0.3 is 25.2 Å². The minimum atomic E-state index is -0.953. The highest BCUT2D eigenvalue weighted by Gasteiger charge is 2.24. The number of hydrogen-bond donors (Lipinski definition) is 3. The van der Waals surface area contributed by atoms with Crippen molar-refractivity contribution in [3.63, 3.8) is 0 Å². The minimum absolute atomic E-state index is 0. The van der Waals surface area contributed by atoms with Crippen LogP contribution in [0.15, 0.2) is 40.7 Å². The van der Waals surface area contributed by atoms with Gasteiger partial charge in [-0.15, -0.1) is 35.3 Å². The van der Waals surface area contributed by atoms with Gasteiger partial charge in [-0.3, -0.25) is 0 Å². The highest BCUT2D eigenvalue weighted by Crippen LogP contribution is 2.28. The normalized spacial score (nSPS) is 13.2. The summed E-state index contributed by atoms with van der Waals surface area (Å²) in [4.78, 5) is 5.55. The van der Waals surface area contributed by atoms with E-state index in [9.17, 15) is 5.11 Å². The molecule has 162 valence electrons. The van der Waals surface area contributed by atoms with Crippen LogP contribution in [0.2, 0.25) is 0 Å². The lowest BCUT2D eigenvalue weighted by Crippen LogP contribution is -2.44. The van der Waals surface area contributed by atoms with Crippen LogP contribution in [0.25, 0.3) is 0 Å². The van der Waals surface area contributed by atoms with Gasteiger partial charge in [0.2, 0.25) is 0 Å². The van der Waals surface area contributed by atoms with E-state index in [1.807, 2.05) is 42.6 Å². The first kappa shape index (κ1) is 25.5. The number of benzene rings is 1. The molecule has 2 aromatic rings. The summed E-state index contributed by atoms with van der Waals surface area (Å²) in [7, 11) is 1.64. The van der Waals surface area contributed by atoms with Crippen LogP contribution in [-0.4, -0.2) is 37.9 Å². The molecule has 0 amide bonds. The number of hydrogen-bond acceptors (Lipinski definition) is 5. The van der Waals surface area contributed by atoms with Gasteiger partial charge in [0.1, 0.15) is 5.60 Å². The number of halogens is 1. The lowest BCUT2D eigenvalue weighted by Gasteiger charge is -2.23. The monoisotopic (exact) mass is 533 g/mol. The van der Waals surface area contributed by atoms with Gasteiger partial charge in [0, 0.05) is 11.4 Å². The molecule has 0 spiro atoms. The summed E-state index contributed by atoms with van der Waals surface area (Å²) in [6.07, 6.45) is 0.947. The second-order valence-electron chi connectivity index (χ2n) is 6.63. The lowest BCUT2D eigenvalue weighted by atomic mass is 10.1. The molecule has 3 N–H and O–H groups in total. The molecule has 1 atom stereocenters. The van der Waals surface area contributed by atoms with Crippen molar-refractivity contribution in [2.45, 2.75) is 39.3 Å². The van der Waals surface area contributed by atoms with Gasteiger partial charge in [-0.25, -0.2) is 4.99 Å². The van der Waals surface area contributed by atoms with Crippen LogP contribution in [0.3, 0.4) is 0 Å². The Balaban J connectivity index is 0.00000420. The molecule has 0 saturated carbocycles. The molecule has 1 aromatic carbocycles. The highest BCUT2D eigenvalue weighted by molar-refractivity contribution is 14.0. The standard InChI is InChI=1S/C21H31N3O3S.HI/c1-5-11-27-17-10-9-16(13-18(17)26-4)14-23-20(22-6-2)24-15-21(3,25)19-8-7-12-28-19;/h7-10,12-13,25H,5-6,11,14-15H2,1-4H3,(H2,22,23,24);1H. The second-order valence-corrected chi connectivity index (χ2v) is 7.58. The summed E-state index contributed by atoms with van der Waals surface area (Å²) in [5.74, 6) is 2.11. The first-order chi connectivity index (χ1) is 13.5. The number of rotatable bonds is 10. The zero-order chi connectivity index (χ0) is 20.4. The molecular formula is C21H32IN3O3S. The van der Waals surface area contributed by atoms with Crippen molar-refractivity contribution in [3.8, 4) is 11.5 Å². The molecule has 0 bridgehead atoms. The summed E-state index contributed by atoms with van der Waals surface area (Å²) < 4.78 is 11.1. The third-order valence-corrected chi connectivity index (χ3v) is 5.23. The van der Waals surface area contributed by atoms with E-state index < -0.39 is 5.60 Å². The third-order valence-electron chi connectivity index (χ3n) is 4.11. The first-order valence-electron chi connectivity index (χ1n) is 9.58. The molecule has 0 aliphatic carbocycles. The van der Waals surface area contributed by atoms with E-state index in [1.165, 1.54) is 0 Å². The summed E-state index contributed by atoms with van der Waals surface area (Å²) in [6, 6.07) is 9.73. The molecule has 2 rings (SSSR count). The Labute approximate surface area is 194 Å². The van der Waals surface area contributed by atoms with Crippen LogP contribution in [0.5, 0.6) is 11.5 Å². The molecule has 0 fully saturated rings. The molecule has 0 radical (unpaired) electrons. The SMILES string of the molecule is CCCOc1ccc(CN=C(NCC)NCC(C)(O)c2cccs2)cc1OC.I. The minimum Gasteiger partial charge on any atom is -0.493 e. The van der Waals surface area contributed by atoms with Crippen LogP contribution >= 0.6 is 35.3 Å². The lowest BCUT2D eigenvalue weighted by molar-refractivity contribution is 0.0655. The zero-order valence-electron chi connectivity index (χ0n) is 17.5. The number of guanidine groups is 1. The predicted molar refractivity (Wildman–Crippen MR) is 131 cm³/mol. The molecule has 0 saturated heterocycles. The van der Waals surface area contributed by atoms with Crippen LogP contribution < -0.4 is 20.1 Å². The maximum absolute atomic E-state index is 10.7. The van der Waals surface area contributed by atoms with E-state index in [0.717, 1.165) is 29.2 Å². The van der Waals surface area contributed by atoms with Crippen LogP contribution in [0, 0.1) is 0 Å². The van der Waals surface area contributed by atoms with E-state index in [0.29, 0.717) is 31.4 Å². The fraction of sp³-hybridized carbons (Fsp3) is 0.476. The quantitative estimate of drug-likeness (QED) is 0.244. The van der Waals surface area contributed by atoms with E-state index in [-0.39, 0.29) is 24.0 Å². The molecule has 8 heteroatoms. The average molecular weight is 533 g/mol. The number of aliphatic imine (C=N–C) groups is 1. The van der Waals surface area contributed by atoms with Crippen LogP contribution in [0.4, 0.5) is 0 Å². The van der Waals surface area contributed by atoms with Crippen molar-refractivity contribution in [3.05, 3.63) is 46.2 Å². The van der Waals surface area contributed by atoms with Crippen LogP contribution in [0.1, 0.15) is 37.6 Å². The fourth-order valence-electron chi connectivity index (χ4n) is 2.58. The van der Waals surface area contributed by atoms with Crippen LogP contribution in [-0.2, 0) is 12.1 Å². The number of methoxy groups -OCH3 is 1. The van der Waals surface area contributed by atoms with Crippen molar-refractivity contribution in [2.75, 3.05) is 26.8 Å². The smallest absolute Gasteiger partial charge is 0.191 e. The average Bonchev–Trinajstić information content (AvgIpc) is 3.24. The first-order valence-corrected chi connectivity index (χ1v) is 10.5. The van der Waals surface area contributed by atoms with Crippen molar-refractivity contribution in [1.82, 2.24) is 10.6 Å². The van der Waals surface area contributed by atoms with Crippen molar-refractivity contribution >= 4 is 41.3 Å². The topological polar surface area (TPSA) is 75.1 Å². The molecule has 29 heavy (non-hydrogen) atoms. The maximum Gasteiger partial charge on any atom is 0.191 e. The predicted octanol–water partition coefficient (Wildman–Crippen LogP) is 4.13. The summed E-state index contributed by atoms with van der Waals surface area (Å²) >= 11 is 1.54. The van der Waals surface area contributed by atoms with Crippen molar-refractivity contribution in [1.29, 1.82) is 0 Å². The number of nitrogens with zero attached hydrogens (tertiary/aromatic N) is 1. The van der Waals surface area contributed by atoms with Gasteiger partial charge in [-0.1, -0.05) is 19.1 Å². The van der Waals surface area contributed by atoms with Gasteiger partial charge in [0.15, 0.2) is 17.5 Å². The highest BCUT2D eigenvalue weighted by atomic mass is 127. The van der Waals surface area contributed by atoms with Gasteiger partial charge in [0.05, 0.1) is 26.8 Å². The number of thiophene rings is 1. The Morgan fingerprint density at radius 3 is 2.62 bits per heavy atom. The molecule has 1 heterocycles. The van der Waals surface area contributed by atoms with Crippen molar-refractivity contribution in [2.24, 2.45) is 4.99 Å². The molecule has 0 aliphatic rings. The maximum atomic E-state index is 10.7.